The Morgan fingerprint density at radius 3 is 2.31 bits per heavy atom. The molecule has 4 N–H and O–H groups in total. The van der Waals surface area contributed by atoms with E-state index in [-0.39, 0.29) is 35.8 Å². The molecule has 0 saturated heterocycles. The Hall–Kier alpha value is -5.60. The van der Waals surface area contributed by atoms with Crippen LogP contribution in [-0.2, 0) is 19.2 Å². The van der Waals surface area contributed by atoms with Crippen molar-refractivity contribution in [3.63, 3.8) is 0 Å². The monoisotopic (exact) mass is 668 g/mol. The van der Waals surface area contributed by atoms with Gasteiger partial charge in [0, 0.05) is 23.5 Å². The summed E-state index contributed by atoms with van der Waals surface area (Å²) in [5.74, 6) is 1.76. The Morgan fingerprint density at radius 1 is 0.958 bits per heavy atom. The number of pyridine rings is 1. The van der Waals surface area contributed by atoms with E-state index >= 15 is 0 Å². The maximum absolute atomic E-state index is 13.9. The minimum absolute atomic E-state index is 0.121. The third kappa shape index (κ3) is 9.47. The molecule has 3 amide bonds. The number of rotatable bonds is 12. The van der Waals surface area contributed by atoms with Gasteiger partial charge in [0.1, 0.15) is 18.1 Å². The van der Waals surface area contributed by atoms with Crippen LogP contribution in [0.25, 0.3) is 11.4 Å². The van der Waals surface area contributed by atoms with Crippen molar-refractivity contribution in [3.05, 3.63) is 83.3 Å². The first-order valence-electron chi connectivity index (χ1n) is 14.7. The maximum atomic E-state index is 13.9. The number of carbonyl (C=O) groups excluding carboxylic acids is 1. The molecule has 0 bridgehead atoms. The number of halogens is 3. The molecule has 2 aromatic heterocycles. The minimum atomic E-state index is -4.75. The number of aryl methyl sites for hydroxylation is 1. The number of hydrogen-bond acceptors (Lipinski definition) is 8. The van der Waals surface area contributed by atoms with Gasteiger partial charge in [-0.05, 0) is 69.5 Å². The standard InChI is InChI=1S/C33H35F3N6O6/c1-6-47-27-14-28(48-18-20-7-11-23(46-5)12-8-20)37-16-24(27)29-38-17-26(19(2)39-29)41-30(43)40-22-10-9-21(25(13-22)33(34,35)36)15-32(3,4)42-31(44)45/h7-14,16-17,42H,6,15,18H2,1-5H3,(H,44,45)(H2,40,41,43). The Balaban J connectivity index is 1.46. The molecule has 48 heavy (non-hydrogen) atoms. The van der Waals surface area contributed by atoms with Gasteiger partial charge in [-0.1, -0.05) is 18.2 Å². The average Bonchev–Trinajstić information content (AvgIpc) is 3.01. The summed E-state index contributed by atoms with van der Waals surface area (Å²) in [6.07, 6.45) is -3.46. The van der Waals surface area contributed by atoms with Crippen molar-refractivity contribution in [3.8, 4) is 28.8 Å². The molecule has 0 saturated carbocycles. The molecule has 4 rings (SSSR count). The van der Waals surface area contributed by atoms with E-state index in [1.807, 2.05) is 31.2 Å². The topological polar surface area (TPSA) is 157 Å². The summed E-state index contributed by atoms with van der Waals surface area (Å²) < 4.78 is 58.5. The summed E-state index contributed by atoms with van der Waals surface area (Å²) in [7, 11) is 1.59. The minimum Gasteiger partial charge on any atom is -0.497 e. The molecule has 0 fully saturated rings. The zero-order chi connectivity index (χ0) is 35.1. The van der Waals surface area contributed by atoms with Gasteiger partial charge in [-0.15, -0.1) is 0 Å². The quantitative estimate of drug-likeness (QED) is 0.124. The van der Waals surface area contributed by atoms with Crippen LogP contribution in [0, 0.1) is 6.92 Å². The normalized spacial score (nSPS) is 11.4. The van der Waals surface area contributed by atoms with Crippen LogP contribution in [0.5, 0.6) is 17.4 Å². The van der Waals surface area contributed by atoms with Gasteiger partial charge in [-0.25, -0.2) is 24.5 Å². The molecular formula is C33H35F3N6O6. The fraction of sp³-hybridized carbons (Fsp3) is 0.303. The van der Waals surface area contributed by atoms with Crippen molar-refractivity contribution in [2.24, 2.45) is 0 Å². The zero-order valence-corrected chi connectivity index (χ0v) is 26.9. The molecule has 0 aliphatic rings. The lowest BCUT2D eigenvalue weighted by molar-refractivity contribution is -0.138. The second-order valence-corrected chi connectivity index (χ2v) is 11.2. The Kier molecular flexibility index (Phi) is 10.9. The Morgan fingerprint density at radius 2 is 1.69 bits per heavy atom. The molecule has 15 heteroatoms. The van der Waals surface area contributed by atoms with Gasteiger partial charge in [0.25, 0.3) is 0 Å². The van der Waals surface area contributed by atoms with Crippen LogP contribution in [0.15, 0.2) is 60.9 Å². The van der Waals surface area contributed by atoms with Crippen LogP contribution >= 0.6 is 0 Å². The van der Waals surface area contributed by atoms with E-state index in [4.69, 9.17) is 19.3 Å². The molecule has 2 heterocycles. The molecular weight excluding hydrogens is 633 g/mol. The molecule has 0 aliphatic carbocycles. The average molecular weight is 669 g/mol. The Bertz CT molecular complexity index is 1770. The number of nitrogens with zero attached hydrogens (tertiary/aromatic N) is 3. The van der Waals surface area contributed by atoms with Crippen LogP contribution in [-0.4, -0.2) is 51.4 Å². The number of hydrogen-bond donors (Lipinski definition) is 4. The number of aromatic nitrogens is 3. The molecule has 0 radical (unpaired) electrons. The lowest BCUT2D eigenvalue weighted by atomic mass is 9.91. The smallest absolute Gasteiger partial charge is 0.416 e. The van der Waals surface area contributed by atoms with E-state index < -0.39 is 29.4 Å². The zero-order valence-electron chi connectivity index (χ0n) is 26.9. The van der Waals surface area contributed by atoms with Crippen molar-refractivity contribution < 1.29 is 42.1 Å². The van der Waals surface area contributed by atoms with Crippen LogP contribution < -0.4 is 30.2 Å². The van der Waals surface area contributed by atoms with Gasteiger partial charge in [-0.3, -0.25) is 0 Å². The van der Waals surface area contributed by atoms with Gasteiger partial charge in [0.2, 0.25) is 5.88 Å². The fourth-order valence-electron chi connectivity index (χ4n) is 4.71. The number of nitrogens with one attached hydrogen (secondary N) is 3. The summed E-state index contributed by atoms with van der Waals surface area (Å²) in [6.45, 7) is 7.01. The SMILES string of the molecule is CCOc1cc(OCc2ccc(OC)cc2)ncc1-c1ncc(NC(=O)Nc2ccc(CC(C)(C)NC(=O)O)c(C(F)(F)F)c2)c(C)n1. The summed E-state index contributed by atoms with van der Waals surface area (Å²) in [6, 6.07) is 11.5. The predicted octanol–water partition coefficient (Wildman–Crippen LogP) is 7.08. The van der Waals surface area contributed by atoms with Gasteiger partial charge in [0.15, 0.2) is 5.82 Å². The Labute approximate surface area is 274 Å². The molecule has 4 aromatic rings. The molecule has 0 spiro atoms. The molecule has 0 atom stereocenters. The van der Waals surface area contributed by atoms with Crippen LogP contribution in [0.1, 0.15) is 43.2 Å². The van der Waals surface area contributed by atoms with Crippen LogP contribution in [0.4, 0.5) is 34.1 Å². The van der Waals surface area contributed by atoms with Crippen molar-refractivity contribution in [2.45, 2.75) is 52.4 Å². The first kappa shape index (κ1) is 35.3. The molecule has 0 aliphatic heterocycles. The first-order chi connectivity index (χ1) is 22.7. The summed E-state index contributed by atoms with van der Waals surface area (Å²) in [5, 5.41) is 16.2. The molecule has 2 aromatic carbocycles. The van der Waals surface area contributed by atoms with E-state index in [1.54, 1.807) is 20.1 Å². The highest BCUT2D eigenvalue weighted by Gasteiger charge is 2.35. The highest BCUT2D eigenvalue weighted by atomic mass is 19.4. The predicted molar refractivity (Wildman–Crippen MR) is 172 cm³/mol. The molecule has 254 valence electrons. The largest absolute Gasteiger partial charge is 0.497 e. The number of urea groups is 1. The van der Waals surface area contributed by atoms with Gasteiger partial charge in [-0.2, -0.15) is 13.2 Å². The van der Waals surface area contributed by atoms with E-state index in [0.717, 1.165) is 17.4 Å². The number of anilines is 2. The van der Waals surface area contributed by atoms with E-state index in [2.05, 4.69) is 30.9 Å². The summed E-state index contributed by atoms with van der Waals surface area (Å²) in [4.78, 5) is 37.0. The van der Waals surface area contributed by atoms with Crippen molar-refractivity contribution >= 4 is 23.5 Å². The number of carbonyl (C=O) groups is 2. The number of amides is 3. The summed E-state index contributed by atoms with van der Waals surface area (Å²) in [5.41, 5.74) is -0.440. The highest BCUT2D eigenvalue weighted by molar-refractivity contribution is 6.00. The van der Waals surface area contributed by atoms with Crippen molar-refractivity contribution in [2.75, 3.05) is 24.4 Å². The van der Waals surface area contributed by atoms with Crippen molar-refractivity contribution in [1.29, 1.82) is 0 Å². The van der Waals surface area contributed by atoms with E-state index in [9.17, 15) is 22.8 Å². The maximum Gasteiger partial charge on any atom is 0.416 e. The number of carboxylic acid groups (broad SMARTS) is 1. The first-order valence-corrected chi connectivity index (χ1v) is 14.7. The number of alkyl halides is 3. The number of benzene rings is 2. The third-order valence-electron chi connectivity index (χ3n) is 6.91. The van der Waals surface area contributed by atoms with Crippen molar-refractivity contribution in [1.82, 2.24) is 20.3 Å². The second kappa shape index (κ2) is 14.9. The number of methoxy groups -OCH3 is 1. The molecule has 12 nitrogen and oxygen atoms in total. The van der Waals surface area contributed by atoms with Crippen LogP contribution in [0.3, 0.4) is 0 Å². The van der Waals surface area contributed by atoms with Gasteiger partial charge < -0.3 is 35.3 Å². The third-order valence-corrected chi connectivity index (χ3v) is 6.91. The van der Waals surface area contributed by atoms with Gasteiger partial charge >= 0.3 is 18.3 Å². The fourth-order valence-corrected chi connectivity index (χ4v) is 4.71. The lowest BCUT2D eigenvalue weighted by Gasteiger charge is -2.26. The summed E-state index contributed by atoms with van der Waals surface area (Å²) >= 11 is 0. The highest BCUT2D eigenvalue weighted by Crippen LogP contribution is 2.36. The second-order valence-electron chi connectivity index (χ2n) is 11.2. The van der Waals surface area contributed by atoms with Crippen LogP contribution in [0.2, 0.25) is 0 Å². The number of ether oxygens (including phenoxy) is 3. The molecule has 0 unspecified atom stereocenters. The van der Waals surface area contributed by atoms with E-state index in [1.165, 1.54) is 38.4 Å². The van der Waals surface area contributed by atoms with E-state index in [0.29, 0.717) is 29.5 Å². The lowest BCUT2D eigenvalue weighted by Crippen LogP contribution is -2.44. The van der Waals surface area contributed by atoms with Gasteiger partial charge in [0.05, 0.1) is 42.4 Å².